The van der Waals surface area contributed by atoms with Gasteiger partial charge in [-0.15, -0.1) is 0 Å². The fourth-order valence-electron chi connectivity index (χ4n) is 3.15. The number of nitrogens with zero attached hydrogens (tertiary/aromatic N) is 2. The SMILES string of the molecule is Cc1cc(N2CCOCC2)ccc1NC(=O)c1cccc2cn[nH]c12. The van der Waals surface area contributed by atoms with Crippen molar-refractivity contribution in [2.45, 2.75) is 6.92 Å². The number of amides is 1. The lowest BCUT2D eigenvalue weighted by Gasteiger charge is -2.29. The van der Waals surface area contributed by atoms with Crippen LogP contribution < -0.4 is 10.2 Å². The molecular weight excluding hydrogens is 316 g/mol. The summed E-state index contributed by atoms with van der Waals surface area (Å²) >= 11 is 0. The topological polar surface area (TPSA) is 70.2 Å². The van der Waals surface area contributed by atoms with E-state index in [0.29, 0.717) is 5.56 Å². The molecule has 2 N–H and O–H groups in total. The van der Waals surface area contributed by atoms with Crippen LogP contribution in [0.25, 0.3) is 10.9 Å². The number of hydrogen-bond acceptors (Lipinski definition) is 4. The van der Waals surface area contributed by atoms with Crippen molar-refractivity contribution in [1.82, 2.24) is 10.2 Å². The van der Waals surface area contributed by atoms with Gasteiger partial charge >= 0.3 is 0 Å². The molecule has 0 aliphatic carbocycles. The number of ether oxygens (including phenoxy) is 1. The van der Waals surface area contributed by atoms with Crippen molar-refractivity contribution < 1.29 is 9.53 Å². The van der Waals surface area contributed by atoms with Gasteiger partial charge in [-0.3, -0.25) is 9.89 Å². The van der Waals surface area contributed by atoms with E-state index in [0.717, 1.165) is 54.1 Å². The van der Waals surface area contributed by atoms with Gasteiger partial charge in [0, 0.05) is 29.9 Å². The summed E-state index contributed by atoms with van der Waals surface area (Å²) in [6.07, 6.45) is 1.72. The predicted octanol–water partition coefficient (Wildman–Crippen LogP) is 2.96. The minimum atomic E-state index is -0.142. The van der Waals surface area contributed by atoms with Crippen LogP contribution in [0, 0.1) is 6.92 Å². The second kappa shape index (κ2) is 6.57. The molecule has 0 spiro atoms. The highest BCUT2D eigenvalue weighted by Gasteiger charge is 2.15. The van der Waals surface area contributed by atoms with Crippen molar-refractivity contribution in [3.63, 3.8) is 0 Å². The zero-order valence-electron chi connectivity index (χ0n) is 14.1. The van der Waals surface area contributed by atoms with Gasteiger partial charge in [-0.25, -0.2) is 0 Å². The number of fused-ring (bicyclic) bond motifs is 1. The van der Waals surface area contributed by atoms with Crippen molar-refractivity contribution in [1.29, 1.82) is 0 Å². The molecule has 2 aromatic carbocycles. The number of anilines is 2. The molecule has 0 bridgehead atoms. The Balaban J connectivity index is 1.56. The molecule has 3 aromatic rings. The summed E-state index contributed by atoms with van der Waals surface area (Å²) in [5, 5.41) is 10.8. The first-order valence-corrected chi connectivity index (χ1v) is 8.39. The first-order valence-electron chi connectivity index (χ1n) is 8.39. The largest absolute Gasteiger partial charge is 0.378 e. The fraction of sp³-hybridized carbons (Fsp3) is 0.263. The minimum Gasteiger partial charge on any atom is -0.378 e. The molecule has 25 heavy (non-hydrogen) atoms. The molecule has 128 valence electrons. The first-order chi connectivity index (χ1) is 12.2. The van der Waals surface area contributed by atoms with Crippen LogP contribution in [0.4, 0.5) is 11.4 Å². The average Bonchev–Trinajstić information content (AvgIpc) is 3.12. The van der Waals surface area contributed by atoms with E-state index in [-0.39, 0.29) is 5.91 Å². The maximum atomic E-state index is 12.7. The highest BCUT2D eigenvalue weighted by atomic mass is 16.5. The molecule has 2 heterocycles. The van der Waals surface area contributed by atoms with Crippen LogP contribution in [0.15, 0.2) is 42.6 Å². The van der Waals surface area contributed by atoms with Gasteiger partial charge in [-0.05, 0) is 36.8 Å². The summed E-state index contributed by atoms with van der Waals surface area (Å²) in [5.41, 5.74) is 4.36. The molecule has 1 aliphatic rings. The zero-order chi connectivity index (χ0) is 17.2. The Morgan fingerprint density at radius 2 is 2.08 bits per heavy atom. The summed E-state index contributed by atoms with van der Waals surface area (Å²) in [5.74, 6) is -0.142. The molecule has 1 aromatic heterocycles. The minimum absolute atomic E-state index is 0.142. The lowest BCUT2D eigenvalue weighted by molar-refractivity contribution is 0.102. The Labute approximate surface area is 145 Å². The second-order valence-corrected chi connectivity index (χ2v) is 6.19. The van der Waals surface area contributed by atoms with E-state index >= 15 is 0 Å². The molecule has 0 unspecified atom stereocenters. The van der Waals surface area contributed by atoms with Gasteiger partial charge in [-0.2, -0.15) is 5.10 Å². The maximum Gasteiger partial charge on any atom is 0.257 e. The third-order valence-electron chi connectivity index (χ3n) is 4.56. The fourth-order valence-corrected chi connectivity index (χ4v) is 3.15. The zero-order valence-corrected chi connectivity index (χ0v) is 14.1. The van der Waals surface area contributed by atoms with Gasteiger partial charge < -0.3 is 15.0 Å². The summed E-state index contributed by atoms with van der Waals surface area (Å²) in [7, 11) is 0. The Kier molecular flexibility index (Phi) is 4.11. The number of benzene rings is 2. The Morgan fingerprint density at radius 1 is 1.24 bits per heavy atom. The molecule has 0 radical (unpaired) electrons. The number of carbonyl (C=O) groups excluding carboxylic acids is 1. The van der Waals surface area contributed by atoms with Crippen LogP contribution in [0.1, 0.15) is 15.9 Å². The van der Waals surface area contributed by atoms with Crippen LogP contribution in [0.2, 0.25) is 0 Å². The number of hydrogen-bond donors (Lipinski definition) is 2. The van der Waals surface area contributed by atoms with Gasteiger partial charge in [0.2, 0.25) is 0 Å². The summed E-state index contributed by atoms with van der Waals surface area (Å²) in [6, 6.07) is 11.7. The number of nitrogens with one attached hydrogen (secondary N) is 2. The van der Waals surface area contributed by atoms with Crippen molar-refractivity contribution in [2.75, 3.05) is 36.5 Å². The molecule has 6 heteroatoms. The lowest BCUT2D eigenvalue weighted by Crippen LogP contribution is -2.36. The van der Waals surface area contributed by atoms with E-state index in [1.54, 1.807) is 12.3 Å². The van der Waals surface area contributed by atoms with Crippen molar-refractivity contribution >= 4 is 28.2 Å². The molecule has 1 amide bonds. The van der Waals surface area contributed by atoms with E-state index in [2.05, 4.69) is 26.5 Å². The highest BCUT2D eigenvalue weighted by molar-refractivity contribution is 6.12. The third-order valence-corrected chi connectivity index (χ3v) is 4.56. The van der Waals surface area contributed by atoms with Gasteiger partial charge in [-0.1, -0.05) is 12.1 Å². The molecule has 0 atom stereocenters. The van der Waals surface area contributed by atoms with E-state index < -0.39 is 0 Å². The van der Waals surface area contributed by atoms with Gasteiger partial charge in [0.1, 0.15) is 0 Å². The van der Waals surface area contributed by atoms with Crippen LogP contribution in [-0.4, -0.2) is 42.4 Å². The molecule has 1 saturated heterocycles. The molecule has 4 rings (SSSR count). The van der Waals surface area contributed by atoms with Crippen molar-refractivity contribution in [3.05, 3.63) is 53.7 Å². The summed E-state index contributed by atoms with van der Waals surface area (Å²) < 4.78 is 5.40. The monoisotopic (exact) mass is 336 g/mol. The van der Waals surface area contributed by atoms with Crippen LogP contribution in [0.3, 0.4) is 0 Å². The Hall–Kier alpha value is -2.86. The van der Waals surface area contributed by atoms with E-state index in [1.165, 1.54) is 0 Å². The van der Waals surface area contributed by atoms with Crippen LogP contribution >= 0.6 is 0 Å². The first kappa shape index (κ1) is 15.7. The number of aryl methyl sites for hydroxylation is 1. The average molecular weight is 336 g/mol. The summed E-state index contributed by atoms with van der Waals surface area (Å²) in [6.45, 7) is 5.31. The van der Waals surface area contributed by atoms with E-state index in [4.69, 9.17) is 4.74 Å². The number of para-hydroxylation sites is 1. The molecule has 1 fully saturated rings. The third kappa shape index (κ3) is 3.08. The van der Waals surface area contributed by atoms with Crippen molar-refractivity contribution in [3.8, 4) is 0 Å². The van der Waals surface area contributed by atoms with E-state index in [9.17, 15) is 4.79 Å². The standard InChI is InChI=1S/C19H20N4O2/c1-13-11-15(23-7-9-25-10-8-23)5-6-17(13)21-19(24)16-4-2-3-14-12-20-22-18(14)16/h2-6,11-12H,7-10H2,1H3,(H,20,22)(H,21,24). The quantitative estimate of drug-likeness (QED) is 0.771. The van der Waals surface area contributed by atoms with Crippen LogP contribution in [0.5, 0.6) is 0 Å². The number of rotatable bonds is 3. The maximum absolute atomic E-state index is 12.7. The number of H-pyrrole nitrogens is 1. The van der Waals surface area contributed by atoms with E-state index in [1.807, 2.05) is 31.2 Å². The molecule has 0 saturated carbocycles. The number of carbonyl (C=O) groups is 1. The van der Waals surface area contributed by atoms with Gasteiger partial charge in [0.15, 0.2) is 0 Å². The Bertz CT molecular complexity index is 913. The second-order valence-electron chi connectivity index (χ2n) is 6.19. The number of morpholine rings is 1. The molecular formula is C19H20N4O2. The van der Waals surface area contributed by atoms with Crippen LogP contribution in [-0.2, 0) is 4.74 Å². The molecule has 6 nitrogen and oxygen atoms in total. The summed E-state index contributed by atoms with van der Waals surface area (Å²) in [4.78, 5) is 15.0. The smallest absolute Gasteiger partial charge is 0.257 e. The Morgan fingerprint density at radius 3 is 2.88 bits per heavy atom. The van der Waals surface area contributed by atoms with Gasteiger partial charge in [0.05, 0.1) is 30.5 Å². The van der Waals surface area contributed by atoms with Gasteiger partial charge in [0.25, 0.3) is 5.91 Å². The number of aromatic nitrogens is 2. The van der Waals surface area contributed by atoms with Crippen molar-refractivity contribution in [2.24, 2.45) is 0 Å². The normalized spacial score (nSPS) is 14.7. The number of aromatic amines is 1. The predicted molar refractivity (Wildman–Crippen MR) is 98.3 cm³/mol. The molecule has 1 aliphatic heterocycles. The highest BCUT2D eigenvalue weighted by Crippen LogP contribution is 2.25. The lowest BCUT2D eigenvalue weighted by atomic mass is 10.1.